The van der Waals surface area contributed by atoms with Crippen LogP contribution in [0.5, 0.6) is 0 Å². The van der Waals surface area contributed by atoms with Crippen molar-refractivity contribution in [1.82, 2.24) is 8.61 Å². The van der Waals surface area contributed by atoms with E-state index in [1.54, 1.807) is 0 Å². The monoisotopic (exact) mass is 464 g/mol. The lowest BCUT2D eigenvalue weighted by atomic mass is 10.3. The van der Waals surface area contributed by atoms with Crippen LogP contribution >= 0.6 is 0 Å². The molecule has 28 heavy (non-hydrogen) atoms. The van der Waals surface area contributed by atoms with E-state index in [0.717, 1.165) is 0 Å². The van der Waals surface area contributed by atoms with Crippen LogP contribution in [0.2, 0.25) is 0 Å². The van der Waals surface area contributed by atoms with Crippen LogP contribution in [0.25, 0.3) is 0 Å². The summed E-state index contributed by atoms with van der Waals surface area (Å²) in [4.78, 5) is 24.1. The van der Waals surface area contributed by atoms with Gasteiger partial charge in [0.25, 0.3) is 0 Å². The molecule has 0 saturated heterocycles. The molecule has 0 bridgehead atoms. The zero-order chi connectivity index (χ0) is 22.6. The molecule has 166 valence electrons. The third-order valence-electron chi connectivity index (χ3n) is 3.23. The van der Waals surface area contributed by atoms with Crippen molar-refractivity contribution in [1.29, 1.82) is 0 Å². The topological polar surface area (TPSA) is 109 Å². The highest BCUT2D eigenvalue weighted by Gasteiger charge is 2.56. The number of halogens is 6. The maximum absolute atomic E-state index is 12.8. The number of nitrogens with zero attached hydrogens (tertiary/aromatic N) is 2. The van der Waals surface area contributed by atoms with E-state index in [0.29, 0.717) is 0 Å². The number of unbranched alkanes of at least 4 members (excludes halogenated alkanes) is 2. The Morgan fingerprint density at radius 3 is 1.11 bits per heavy atom. The van der Waals surface area contributed by atoms with Gasteiger partial charge < -0.3 is 0 Å². The summed E-state index contributed by atoms with van der Waals surface area (Å²) in [6.07, 6.45) is -0.581. The lowest BCUT2D eigenvalue weighted by Gasteiger charge is -2.27. The van der Waals surface area contributed by atoms with E-state index < -0.39 is 64.6 Å². The van der Waals surface area contributed by atoms with Crippen molar-refractivity contribution in [2.75, 3.05) is 13.1 Å². The largest absolute Gasteiger partial charge is 0.516 e. The molecule has 0 fully saturated rings. The third-order valence-corrected chi connectivity index (χ3v) is 6.26. The number of carbonyl (C=O) groups is 2. The van der Waals surface area contributed by atoms with Crippen LogP contribution < -0.4 is 0 Å². The molecule has 0 saturated carbocycles. The van der Waals surface area contributed by atoms with Crippen molar-refractivity contribution in [3.05, 3.63) is 0 Å². The molecule has 0 rings (SSSR count). The summed E-state index contributed by atoms with van der Waals surface area (Å²) in [5, 5.41) is 0. The Balaban J connectivity index is 6.23. The normalized spacial score (nSPS) is 13.3. The van der Waals surface area contributed by atoms with Crippen molar-refractivity contribution in [3.63, 3.8) is 0 Å². The number of carbonyl (C=O) groups excluding carboxylic acids is 2. The van der Waals surface area contributed by atoms with E-state index in [4.69, 9.17) is 0 Å². The Hall–Kier alpha value is -1.58. The lowest BCUT2D eigenvalue weighted by molar-refractivity contribution is -0.147. The maximum atomic E-state index is 12.8. The second-order valence-electron chi connectivity index (χ2n) is 5.36. The van der Waals surface area contributed by atoms with Gasteiger partial charge in [0, 0.05) is 13.1 Å². The molecule has 0 N–H and O–H groups in total. The van der Waals surface area contributed by atoms with Gasteiger partial charge in [-0.05, 0) is 12.8 Å². The first-order chi connectivity index (χ1) is 12.5. The number of hydrogen-bond acceptors (Lipinski definition) is 6. The van der Waals surface area contributed by atoms with Gasteiger partial charge in [-0.3, -0.25) is 9.59 Å². The van der Waals surface area contributed by atoms with E-state index in [1.807, 2.05) is 0 Å². The van der Waals surface area contributed by atoms with Gasteiger partial charge in [-0.25, -0.2) is 8.61 Å². The van der Waals surface area contributed by atoms with Gasteiger partial charge in [-0.1, -0.05) is 26.7 Å². The fraction of sp³-hybridized carbons (Fsp3) is 0.833. The first kappa shape index (κ1) is 26.4. The average Bonchev–Trinajstić information content (AvgIpc) is 2.52. The minimum absolute atomic E-state index is 0.0613. The van der Waals surface area contributed by atoms with Gasteiger partial charge in [0.05, 0.1) is 0 Å². The van der Waals surface area contributed by atoms with E-state index in [9.17, 15) is 52.8 Å². The van der Waals surface area contributed by atoms with Gasteiger partial charge >= 0.3 is 42.9 Å². The Morgan fingerprint density at radius 1 is 0.679 bits per heavy atom. The van der Waals surface area contributed by atoms with Gasteiger partial charge in [0.1, 0.15) is 0 Å². The molecule has 0 heterocycles. The number of sulfonamides is 2. The number of amides is 2. The Bertz CT molecular complexity index is 709. The van der Waals surface area contributed by atoms with Gasteiger partial charge in [0.15, 0.2) is 0 Å². The van der Waals surface area contributed by atoms with Crippen molar-refractivity contribution in [3.8, 4) is 0 Å². The molecule has 0 aromatic rings. The van der Waals surface area contributed by atoms with Crippen LogP contribution in [0, 0.1) is 0 Å². The highest BCUT2D eigenvalue weighted by atomic mass is 32.2. The molecule has 0 aromatic heterocycles. The second-order valence-corrected chi connectivity index (χ2v) is 9.07. The minimum Gasteiger partial charge on any atom is -0.262 e. The van der Waals surface area contributed by atoms with Crippen molar-refractivity contribution in [2.24, 2.45) is 0 Å². The molecule has 0 aromatic carbocycles. The van der Waals surface area contributed by atoms with Crippen molar-refractivity contribution >= 4 is 31.9 Å². The molecule has 0 aliphatic carbocycles. The molecular formula is C12H18F6N2O6S2. The summed E-state index contributed by atoms with van der Waals surface area (Å²) < 4.78 is 121. The van der Waals surface area contributed by atoms with Gasteiger partial charge in [-0.15, -0.1) is 0 Å². The fourth-order valence-electron chi connectivity index (χ4n) is 1.73. The van der Waals surface area contributed by atoms with E-state index in [2.05, 4.69) is 0 Å². The standard InChI is InChI=1S/C12H18F6N2O6S2/c1-3-5-7-19(27(23,24)11(13,14)15)9(21)10(22)20(8-6-4-2)28(25,26)12(16,17)18/h3-8H2,1-2H3. The molecule has 8 nitrogen and oxygen atoms in total. The van der Waals surface area contributed by atoms with E-state index in [-0.39, 0.29) is 25.7 Å². The number of rotatable bonds is 8. The molecule has 0 unspecified atom stereocenters. The van der Waals surface area contributed by atoms with E-state index >= 15 is 0 Å². The van der Waals surface area contributed by atoms with Crippen LogP contribution in [0.3, 0.4) is 0 Å². The van der Waals surface area contributed by atoms with Crippen LogP contribution in [-0.4, -0.2) is 61.4 Å². The minimum atomic E-state index is -6.43. The molecule has 0 aliphatic heterocycles. The summed E-state index contributed by atoms with van der Waals surface area (Å²) in [5.41, 5.74) is -12.1. The van der Waals surface area contributed by atoms with Crippen LogP contribution in [-0.2, 0) is 29.6 Å². The molecular weight excluding hydrogens is 446 g/mol. The average molecular weight is 464 g/mol. The molecule has 0 atom stereocenters. The highest BCUT2D eigenvalue weighted by Crippen LogP contribution is 2.30. The SMILES string of the molecule is CCCCN(C(=O)C(=O)N(CCCC)S(=O)(=O)C(F)(F)F)S(=O)(=O)C(F)(F)F. The predicted molar refractivity (Wildman–Crippen MR) is 83.2 cm³/mol. The lowest BCUT2D eigenvalue weighted by Crippen LogP contribution is -2.54. The molecule has 0 aliphatic rings. The summed E-state index contributed by atoms with van der Waals surface area (Å²) in [5.74, 6) is -5.09. The van der Waals surface area contributed by atoms with Crippen molar-refractivity contribution < 1.29 is 52.8 Å². The Morgan fingerprint density at radius 2 is 0.929 bits per heavy atom. The van der Waals surface area contributed by atoms with Gasteiger partial charge in [-0.2, -0.15) is 43.2 Å². The molecule has 2 amide bonds. The zero-order valence-corrected chi connectivity index (χ0v) is 16.3. The zero-order valence-electron chi connectivity index (χ0n) is 14.7. The number of hydrogen-bond donors (Lipinski definition) is 0. The molecule has 16 heteroatoms. The first-order valence-corrected chi connectivity index (χ1v) is 10.6. The van der Waals surface area contributed by atoms with E-state index in [1.165, 1.54) is 13.8 Å². The van der Waals surface area contributed by atoms with Crippen LogP contribution in [0.1, 0.15) is 39.5 Å². The predicted octanol–water partition coefficient (Wildman–Crippen LogP) is 1.94. The Labute approximate surface area is 157 Å². The number of alkyl halides is 6. The fourth-order valence-corrected chi connectivity index (χ4v) is 3.56. The van der Waals surface area contributed by atoms with Gasteiger partial charge in [0.2, 0.25) is 0 Å². The maximum Gasteiger partial charge on any atom is 0.516 e. The Kier molecular flexibility index (Phi) is 8.75. The summed E-state index contributed by atoms with van der Waals surface area (Å²) in [6, 6.07) is 0. The molecule has 0 spiro atoms. The summed E-state index contributed by atoms with van der Waals surface area (Å²) in [7, 11) is -12.9. The second kappa shape index (κ2) is 9.28. The smallest absolute Gasteiger partial charge is 0.262 e. The third kappa shape index (κ3) is 5.71. The first-order valence-electron chi connectivity index (χ1n) is 7.73. The van der Waals surface area contributed by atoms with Crippen molar-refractivity contribution in [2.45, 2.75) is 50.5 Å². The quantitative estimate of drug-likeness (QED) is 0.401. The summed E-state index contributed by atoms with van der Waals surface area (Å²) in [6.45, 7) is 0.450. The molecule has 0 radical (unpaired) electrons. The van der Waals surface area contributed by atoms with Crippen LogP contribution in [0.15, 0.2) is 0 Å². The van der Waals surface area contributed by atoms with Crippen LogP contribution in [0.4, 0.5) is 26.3 Å². The summed E-state index contributed by atoms with van der Waals surface area (Å²) >= 11 is 0. The highest BCUT2D eigenvalue weighted by molar-refractivity contribution is 7.91.